The van der Waals surface area contributed by atoms with E-state index in [1.165, 1.54) is 0 Å². The van der Waals surface area contributed by atoms with Gasteiger partial charge in [-0.25, -0.2) is 0 Å². The number of nitrogens with zero attached hydrogens (tertiary/aromatic N) is 1. The largest absolute Gasteiger partial charge is 0.375 e. The normalized spacial score (nSPS) is 10.9. The molecule has 0 bridgehead atoms. The highest BCUT2D eigenvalue weighted by molar-refractivity contribution is 6.30. The maximum absolute atomic E-state index is 5.81. The van der Waals surface area contributed by atoms with Gasteiger partial charge in [0.25, 0.3) is 0 Å². The number of pyridine rings is 1. The van der Waals surface area contributed by atoms with Crippen molar-refractivity contribution in [3.8, 4) is 0 Å². The smallest absolute Gasteiger partial charge is 0.0888 e. The van der Waals surface area contributed by atoms with E-state index in [0.717, 1.165) is 18.7 Å². The van der Waals surface area contributed by atoms with Gasteiger partial charge in [-0.2, -0.15) is 0 Å². The monoisotopic (exact) mass is 213 g/mol. The van der Waals surface area contributed by atoms with E-state index in [2.05, 4.69) is 18.8 Å². The fourth-order valence-corrected chi connectivity index (χ4v) is 1.21. The standard InChI is InChI=1S/C11H16ClNO/c1-9(2)4-6-14-8-11-7-10(12)3-5-13-11/h3,5,7,9H,4,6,8H2,1-2H3. The molecule has 0 saturated carbocycles. The van der Waals surface area contributed by atoms with Crippen LogP contribution < -0.4 is 0 Å². The van der Waals surface area contributed by atoms with E-state index in [0.29, 0.717) is 17.5 Å². The topological polar surface area (TPSA) is 22.1 Å². The van der Waals surface area contributed by atoms with Crippen molar-refractivity contribution in [1.29, 1.82) is 0 Å². The second kappa shape index (κ2) is 5.99. The molecule has 14 heavy (non-hydrogen) atoms. The van der Waals surface area contributed by atoms with E-state index in [9.17, 15) is 0 Å². The molecule has 0 aliphatic heterocycles. The van der Waals surface area contributed by atoms with Crippen molar-refractivity contribution in [2.24, 2.45) is 5.92 Å². The van der Waals surface area contributed by atoms with E-state index >= 15 is 0 Å². The summed E-state index contributed by atoms with van der Waals surface area (Å²) < 4.78 is 5.46. The molecule has 0 fully saturated rings. The Hall–Kier alpha value is -0.600. The molecule has 0 aromatic carbocycles. The zero-order valence-corrected chi connectivity index (χ0v) is 9.42. The molecule has 0 atom stereocenters. The lowest BCUT2D eigenvalue weighted by molar-refractivity contribution is 0.108. The Morgan fingerprint density at radius 1 is 1.50 bits per heavy atom. The number of hydrogen-bond donors (Lipinski definition) is 0. The second-order valence-corrected chi connectivity index (χ2v) is 4.14. The highest BCUT2D eigenvalue weighted by Crippen LogP contribution is 2.09. The molecular weight excluding hydrogens is 198 g/mol. The third-order valence-electron chi connectivity index (χ3n) is 1.87. The van der Waals surface area contributed by atoms with Crippen LogP contribution in [0.15, 0.2) is 18.3 Å². The summed E-state index contributed by atoms with van der Waals surface area (Å²) in [5, 5.41) is 0.711. The second-order valence-electron chi connectivity index (χ2n) is 3.70. The molecule has 1 heterocycles. The van der Waals surface area contributed by atoms with Crippen molar-refractivity contribution in [3.63, 3.8) is 0 Å². The average molecular weight is 214 g/mol. The molecular formula is C11H16ClNO. The van der Waals surface area contributed by atoms with Gasteiger partial charge in [0.05, 0.1) is 12.3 Å². The Labute approximate surface area is 90.3 Å². The van der Waals surface area contributed by atoms with Crippen LogP contribution in [0.25, 0.3) is 0 Å². The number of hydrogen-bond acceptors (Lipinski definition) is 2. The van der Waals surface area contributed by atoms with Crippen molar-refractivity contribution in [2.75, 3.05) is 6.61 Å². The fraction of sp³-hybridized carbons (Fsp3) is 0.545. The lowest BCUT2D eigenvalue weighted by Gasteiger charge is -2.05. The van der Waals surface area contributed by atoms with Crippen LogP contribution >= 0.6 is 11.6 Å². The van der Waals surface area contributed by atoms with E-state index in [-0.39, 0.29) is 0 Å². The summed E-state index contributed by atoms with van der Waals surface area (Å²) >= 11 is 5.81. The molecule has 0 saturated heterocycles. The van der Waals surface area contributed by atoms with E-state index in [4.69, 9.17) is 16.3 Å². The number of ether oxygens (including phenoxy) is 1. The predicted molar refractivity (Wildman–Crippen MR) is 58.4 cm³/mol. The van der Waals surface area contributed by atoms with Crippen molar-refractivity contribution < 1.29 is 4.74 Å². The van der Waals surface area contributed by atoms with Crippen LogP contribution in [-0.2, 0) is 11.3 Å². The van der Waals surface area contributed by atoms with Crippen molar-refractivity contribution >= 4 is 11.6 Å². The third-order valence-corrected chi connectivity index (χ3v) is 2.10. The van der Waals surface area contributed by atoms with Crippen LogP contribution in [0.1, 0.15) is 26.0 Å². The zero-order valence-electron chi connectivity index (χ0n) is 8.66. The SMILES string of the molecule is CC(C)CCOCc1cc(Cl)ccn1. The molecule has 78 valence electrons. The molecule has 2 nitrogen and oxygen atoms in total. The summed E-state index contributed by atoms with van der Waals surface area (Å²) in [5.41, 5.74) is 0.890. The van der Waals surface area contributed by atoms with Gasteiger partial charge in [0.1, 0.15) is 0 Å². The number of rotatable bonds is 5. The van der Waals surface area contributed by atoms with Crippen LogP contribution in [0, 0.1) is 5.92 Å². The summed E-state index contributed by atoms with van der Waals surface area (Å²) in [6.07, 6.45) is 2.78. The van der Waals surface area contributed by atoms with Gasteiger partial charge in [0, 0.05) is 17.8 Å². The van der Waals surface area contributed by atoms with Gasteiger partial charge in [-0.15, -0.1) is 0 Å². The van der Waals surface area contributed by atoms with Gasteiger partial charge in [-0.1, -0.05) is 25.4 Å². The molecule has 0 N–H and O–H groups in total. The quantitative estimate of drug-likeness (QED) is 0.701. The molecule has 0 aliphatic carbocycles. The van der Waals surface area contributed by atoms with Gasteiger partial charge in [0.2, 0.25) is 0 Å². The van der Waals surface area contributed by atoms with Crippen LogP contribution in [0.3, 0.4) is 0 Å². The van der Waals surface area contributed by atoms with E-state index in [1.807, 2.05) is 6.07 Å². The summed E-state index contributed by atoms with van der Waals surface area (Å²) in [4.78, 5) is 4.15. The van der Waals surface area contributed by atoms with Gasteiger partial charge in [0.15, 0.2) is 0 Å². The van der Waals surface area contributed by atoms with Gasteiger partial charge >= 0.3 is 0 Å². The lowest BCUT2D eigenvalue weighted by atomic mass is 10.1. The first-order valence-electron chi connectivity index (χ1n) is 4.86. The molecule has 0 unspecified atom stereocenters. The summed E-state index contributed by atoms with van der Waals surface area (Å²) in [6, 6.07) is 3.59. The molecule has 0 amide bonds. The summed E-state index contributed by atoms with van der Waals surface area (Å²) in [7, 11) is 0. The Balaban J connectivity index is 2.25. The predicted octanol–water partition coefficient (Wildman–Crippen LogP) is 3.30. The van der Waals surface area contributed by atoms with Gasteiger partial charge in [-0.3, -0.25) is 4.98 Å². The summed E-state index contributed by atoms with van der Waals surface area (Å²) in [6.45, 7) is 5.70. The lowest BCUT2D eigenvalue weighted by Crippen LogP contribution is -2.00. The number of halogens is 1. The first kappa shape index (κ1) is 11.5. The third kappa shape index (κ3) is 4.58. The van der Waals surface area contributed by atoms with Gasteiger partial charge in [-0.05, 0) is 24.5 Å². The molecule has 1 aromatic heterocycles. The minimum absolute atomic E-state index is 0.549. The maximum atomic E-state index is 5.81. The summed E-state index contributed by atoms with van der Waals surface area (Å²) in [5.74, 6) is 0.683. The molecule has 0 radical (unpaired) electrons. The first-order chi connectivity index (χ1) is 6.68. The highest BCUT2D eigenvalue weighted by atomic mass is 35.5. The molecule has 3 heteroatoms. The molecule has 0 spiro atoms. The first-order valence-corrected chi connectivity index (χ1v) is 5.24. The zero-order chi connectivity index (χ0) is 10.4. The van der Waals surface area contributed by atoms with E-state index < -0.39 is 0 Å². The van der Waals surface area contributed by atoms with Crippen LogP contribution in [0.2, 0.25) is 5.02 Å². The van der Waals surface area contributed by atoms with Crippen LogP contribution in [0.4, 0.5) is 0 Å². The average Bonchev–Trinajstić information content (AvgIpc) is 2.12. The van der Waals surface area contributed by atoms with Crippen molar-refractivity contribution in [3.05, 3.63) is 29.0 Å². The van der Waals surface area contributed by atoms with Crippen molar-refractivity contribution in [2.45, 2.75) is 26.9 Å². The van der Waals surface area contributed by atoms with Gasteiger partial charge < -0.3 is 4.74 Å². The molecule has 1 rings (SSSR count). The Morgan fingerprint density at radius 3 is 2.93 bits per heavy atom. The minimum Gasteiger partial charge on any atom is -0.375 e. The minimum atomic E-state index is 0.549. The van der Waals surface area contributed by atoms with E-state index in [1.54, 1.807) is 12.3 Å². The molecule has 1 aromatic rings. The van der Waals surface area contributed by atoms with Crippen molar-refractivity contribution in [1.82, 2.24) is 4.98 Å². The Morgan fingerprint density at radius 2 is 2.29 bits per heavy atom. The van der Waals surface area contributed by atoms with Crippen LogP contribution in [-0.4, -0.2) is 11.6 Å². The molecule has 0 aliphatic rings. The number of aromatic nitrogens is 1. The maximum Gasteiger partial charge on any atom is 0.0888 e. The Kier molecular flexibility index (Phi) is 4.91. The fourth-order valence-electron chi connectivity index (χ4n) is 1.02. The highest BCUT2D eigenvalue weighted by Gasteiger charge is 1.97. The van der Waals surface area contributed by atoms with Crippen LogP contribution in [0.5, 0.6) is 0 Å². The Bertz CT molecular complexity index is 276.